The minimum absolute atomic E-state index is 0.0507. The number of phosphoric ester groups is 1. The van der Waals surface area contributed by atoms with Crippen LogP contribution in [0.15, 0.2) is 85.1 Å². The van der Waals surface area contributed by atoms with E-state index in [4.69, 9.17) is 24.3 Å². The topological polar surface area (TPSA) is 134 Å². The van der Waals surface area contributed by atoms with E-state index in [2.05, 4.69) is 98.9 Å². The smallest absolute Gasteiger partial charge is 0.462 e. The normalized spacial score (nSPS) is 13.6. The largest absolute Gasteiger partial charge is 0.472 e. The number of esters is 2. The van der Waals surface area contributed by atoms with Crippen molar-refractivity contribution in [2.75, 3.05) is 26.4 Å². The lowest BCUT2D eigenvalue weighted by Crippen LogP contribution is -2.29. The van der Waals surface area contributed by atoms with Crippen LogP contribution in [0.3, 0.4) is 0 Å². The Morgan fingerprint density at radius 2 is 0.733 bits per heavy atom. The zero-order valence-corrected chi connectivity index (χ0v) is 49.4. The first-order valence-corrected chi connectivity index (χ1v) is 32.6. The average molecular weight is 1070 g/mol. The van der Waals surface area contributed by atoms with Gasteiger partial charge in [-0.15, -0.1) is 0 Å². The minimum Gasteiger partial charge on any atom is -0.462 e. The second-order valence-electron chi connectivity index (χ2n) is 20.5. The molecule has 0 bridgehead atoms. The van der Waals surface area contributed by atoms with Gasteiger partial charge in [0.15, 0.2) is 6.10 Å². The Labute approximate surface area is 462 Å². The highest BCUT2D eigenvalue weighted by atomic mass is 31.2. The highest BCUT2D eigenvalue weighted by Gasteiger charge is 2.26. The first kappa shape index (κ1) is 72.2. The molecule has 0 saturated carbocycles. The monoisotopic (exact) mass is 1070 g/mol. The van der Waals surface area contributed by atoms with Crippen molar-refractivity contribution in [3.8, 4) is 0 Å². The molecule has 0 aromatic heterocycles. The number of phosphoric acid groups is 1. The molecule has 434 valence electrons. The summed E-state index contributed by atoms with van der Waals surface area (Å²) in [6.07, 6.45) is 79.3. The molecule has 3 N–H and O–H groups in total. The van der Waals surface area contributed by atoms with Gasteiger partial charge in [0.1, 0.15) is 6.61 Å². The molecule has 0 aliphatic rings. The number of hydrogen-bond acceptors (Lipinski definition) is 8. The third-order valence-electron chi connectivity index (χ3n) is 13.3. The molecule has 0 saturated heterocycles. The average Bonchev–Trinajstić information content (AvgIpc) is 3.40. The van der Waals surface area contributed by atoms with Crippen LogP contribution in [-0.4, -0.2) is 49.3 Å². The van der Waals surface area contributed by atoms with Crippen LogP contribution in [0.25, 0.3) is 0 Å². The Bertz CT molecular complexity index is 1500. The number of hydrogen-bond donors (Lipinski definition) is 2. The van der Waals surface area contributed by atoms with E-state index in [-0.39, 0.29) is 38.6 Å². The summed E-state index contributed by atoms with van der Waals surface area (Å²) in [7, 11) is -4.39. The van der Waals surface area contributed by atoms with E-state index >= 15 is 0 Å². The molecule has 0 radical (unpaired) electrons. The first-order valence-electron chi connectivity index (χ1n) is 31.1. The predicted octanol–water partition coefficient (Wildman–Crippen LogP) is 19.9. The van der Waals surface area contributed by atoms with Crippen molar-refractivity contribution in [3.63, 3.8) is 0 Å². The summed E-state index contributed by atoms with van der Waals surface area (Å²) in [5.41, 5.74) is 5.39. The third-order valence-corrected chi connectivity index (χ3v) is 14.2. The highest BCUT2D eigenvalue weighted by molar-refractivity contribution is 7.47. The molecule has 0 amide bonds. The fourth-order valence-corrected chi connectivity index (χ4v) is 9.46. The van der Waals surface area contributed by atoms with Crippen molar-refractivity contribution in [1.82, 2.24) is 0 Å². The second kappa shape index (κ2) is 60.4. The number of unbranched alkanes of at least 4 members (excludes halogenated alkanes) is 31. The Hall–Kier alpha value is -2.81. The van der Waals surface area contributed by atoms with Gasteiger partial charge in [0.05, 0.1) is 13.2 Å². The van der Waals surface area contributed by atoms with Crippen LogP contribution in [0.1, 0.15) is 284 Å². The molecule has 75 heavy (non-hydrogen) atoms. The molecule has 10 heteroatoms. The summed E-state index contributed by atoms with van der Waals surface area (Å²) in [5.74, 6) is -0.825. The van der Waals surface area contributed by atoms with Crippen molar-refractivity contribution in [3.05, 3.63) is 85.1 Å². The summed E-state index contributed by atoms with van der Waals surface area (Å²) in [6.45, 7) is 3.64. The molecule has 0 aromatic carbocycles. The zero-order valence-electron chi connectivity index (χ0n) is 48.5. The van der Waals surface area contributed by atoms with Gasteiger partial charge in [-0.3, -0.25) is 18.6 Å². The van der Waals surface area contributed by atoms with Gasteiger partial charge in [0.25, 0.3) is 0 Å². The van der Waals surface area contributed by atoms with E-state index in [0.29, 0.717) is 6.42 Å². The van der Waals surface area contributed by atoms with Crippen LogP contribution in [0.4, 0.5) is 0 Å². The standard InChI is InChI=1S/C65H116NO8P/c1-3-5-7-9-11-13-15-17-19-21-23-25-27-29-31-33-35-37-39-41-43-45-47-49-51-53-55-57-64(67)71-61-63(62-73-75(69,70)72-60-59-66)74-65(68)58-56-54-52-50-48-46-44-42-40-38-36-34-32-30-28-26-24-22-20-18-16-14-12-10-8-6-4-2/h6,8,12,14-15,17-18,20-21,23-24,26-27,29,63H,3-5,7,9-11,13,16,19,22,25,28,30-62,66H2,1-2H3,(H,69,70)/b8-6-,14-12-,17-15-,20-18-,23-21-,26-24-,29-27-. The highest BCUT2D eigenvalue weighted by Crippen LogP contribution is 2.43. The Balaban J connectivity index is 3.94. The fraction of sp³-hybridized carbons (Fsp3) is 0.754. The predicted molar refractivity (Wildman–Crippen MR) is 321 cm³/mol. The van der Waals surface area contributed by atoms with Crippen LogP contribution >= 0.6 is 7.82 Å². The molecule has 0 heterocycles. The SMILES string of the molecule is CC/C=C\C/C=C\C/C=C\C/C=C\CCCCCCCCCCCCCCCCC(=O)OC(COC(=O)CCCCCCCCCCCCCC/C=C\C/C=C\C/C=C\CCCCCCC)COP(=O)(O)OCCN. The van der Waals surface area contributed by atoms with E-state index in [1.54, 1.807) is 0 Å². The molecule has 0 spiro atoms. The minimum atomic E-state index is -4.39. The Morgan fingerprint density at radius 3 is 1.09 bits per heavy atom. The van der Waals surface area contributed by atoms with Gasteiger partial charge in [-0.2, -0.15) is 0 Å². The number of allylic oxidation sites excluding steroid dienone is 14. The molecule has 9 nitrogen and oxygen atoms in total. The Morgan fingerprint density at radius 1 is 0.413 bits per heavy atom. The number of ether oxygens (including phenoxy) is 2. The summed E-state index contributed by atoms with van der Waals surface area (Å²) < 4.78 is 33.1. The second-order valence-corrected chi connectivity index (χ2v) is 22.0. The molecule has 0 aromatic rings. The van der Waals surface area contributed by atoms with E-state index < -0.39 is 26.5 Å². The van der Waals surface area contributed by atoms with Crippen molar-refractivity contribution in [2.45, 2.75) is 290 Å². The van der Waals surface area contributed by atoms with Crippen molar-refractivity contribution in [1.29, 1.82) is 0 Å². The van der Waals surface area contributed by atoms with Gasteiger partial charge in [-0.05, 0) is 89.9 Å². The van der Waals surface area contributed by atoms with Crippen LogP contribution in [0, 0.1) is 0 Å². The van der Waals surface area contributed by atoms with Crippen molar-refractivity contribution in [2.24, 2.45) is 5.73 Å². The van der Waals surface area contributed by atoms with E-state index in [1.807, 2.05) is 0 Å². The maximum absolute atomic E-state index is 12.7. The first-order chi connectivity index (χ1) is 36.8. The lowest BCUT2D eigenvalue weighted by atomic mass is 10.0. The summed E-state index contributed by atoms with van der Waals surface area (Å²) in [5, 5.41) is 0. The Kier molecular flexibility index (Phi) is 58.2. The lowest BCUT2D eigenvalue weighted by molar-refractivity contribution is -0.161. The molecule has 0 fully saturated rings. The van der Waals surface area contributed by atoms with Crippen molar-refractivity contribution >= 4 is 19.8 Å². The van der Waals surface area contributed by atoms with Crippen LogP contribution in [0.2, 0.25) is 0 Å². The number of nitrogens with two attached hydrogens (primary N) is 1. The van der Waals surface area contributed by atoms with Crippen LogP contribution in [0.5, 0.6) is 0 Å². The zero-order chi connectivity index (χ0) is 54.5. The van der Waals surface area contributed by atoms with Crippen molar-refractivity contribution < 1.29 is 37.6 Å². The molecule has 0 rings (SSSR count). The van der Waals surface area contributed by atoms with Gasteiger partial charge in [0.2, 0.25) is 0 Å². The quantitative estimate of drug-likeness (QED) is 0.0264. The molecule has 2 unspecified atom stereocenters. The molecule has 0 aliphatic carbocycles. The molecular weight excluding hydrogens is 954 g/mol. The van der Waals surface area contributed by atoms with Gasteiger partial charge in [0, 0.05) is 19.4 Å². The third kappa shape index (κ3) is 60.3. The van der Waals surface area contributed by atoms with Crippen LogP contribution in [-0.2, 0) is 32.7 Å². The van der Waals surface area contributed by atoms with E-state index in [0.717, 1.165) is 77.0 Å². The summed E-state index contributed by atoms with van der Waals surface area (Å²) >= 11 is 0. The number of carbonyl (C=O) groups excluding carboxylic acids is 2. The van der Waals surface area contributed by atoms with Gasteiger partial charge in [-0.1, -0.05) is 266 Å². The van der Waals surface area contributed by atoms with Crippen LogP contribution < -0.4 is 5.73 Å². The summed E-state index contributed by atoms with van der Waals surface area (Å²) in [4.78, 5) is 35.3. The van der Waals surface area contributed by atoms with Gasteiger partial charge >= 0.3 is 19.8 Å². The molecular formula is C65H116NO8P. The van der Waals surface area contributed by atoms with Gasteiger partial charge in [-0.25, -0.2) is 4.57 Å². The fourth-order valence-electron chi connectivity index (χ4n) is 8.69. The molecule has 2 atom stereocenters. The molecule has 0 aliphatic heterocycles. The van der Waals surface area contributed by atoms with E-state index in [9.17, 15) is 19.0 Å². The number of rotatable bonds is 58. The maximum Gasteiger partial charge on any atom is 0.472 e. The van der Waals surface area contributed by atoms with Gasteiger partial charge < -0.3 is 20.1 Å². The number of carbonyl (C=O) groups is 2. The summed E-state index contributed by atoms with van der Waals surface area (Å²) in [6, 6.07) is 0. The lowest BCUT2D eigenvalue weighted by Gasteiger charge is -2.19. The maximum atomic E-state index is 12.7. The van der Waals surface area contributed by atoms with E-state index in [1.165, 1.54) is 173 Å².